The quantitative estimate of drug-likeness (QED) is 0.650. The summed E-state index contributed by atoms with van der Waals surface area (Å²) in [5, 5.41) is 8.99. The van der Waals surface area contributed by atoms with Crippen LogP contribution in [-0.4, -0.2) is 42.7 Å². The maximum Gasteiger partial charge on any atom is 0.362 e. The molecule has 1 N–H and O–H groups in total. The van der Waals surface area contributed by atoms with Gasteiger partial charge >= 0.3 is 5.97 Å². The van der Waals surface area contributed by atoms with Gasteiger partial charge in [0.15, 0.2) is 6.04 Å². The van der Waals surface area contributed by atoms with Gasteiger partial charge in [-0.15, -0.1) is 0 Å². The Morgan fingerprint density at radius 2 is 1.83 bits per heavy atom. The van der Waals surface area contributed by atoms with E-state index in [-0.39, 0.29) is 12.0 Å². The highest BCUT2D eigenvalue weighted by molar-refractivity contribution is 5.72. The Balaban J connectivity index is 4.56. The molecule has 12 heavy (non-hydrogen) atoms. The number of likely N-dealkylation sites (N-methyl/N-ethyl adjacent to an activating group) is 1. The molecule has 0 saturated carbocycles. The van der Waals surface area contributed by atoms with E-state index in [1.54, 1.807) is 0 Å². The zero-order valence-electron chi connectivity index (χ0n) is 8.66. The maximum atomic E-state index is 10.9. The molecular weight excluding hydrogens is 154 g/mol. The van der Waals surface area contributed by atoms with Crippen molar-refractivity contribution in [1.29, 1.82) is 0 Å². The summed E-state index contributed by atoms with van der Waals surface area (Å²) in [4.78, 5) is 10.9. The molecule has 0 aliphatic heterocycles. The second-order valence-electron chi connectivity index (χ2n) is 4.28. The van der Waals surface area contributed by atoms with Gasteiger partial charge < -0.3 is 9.59 Å². The molecule has 0 heterocycles. The average molecular weight is 174 g/mol. The molecule has 3 heteroatoms. The van der Waals surface area contributed by atoms with Crippen molar-refractivity contribution in [1.82, 2.24) is 0 Å². The van der Waals surface area contributed by atoms with Gasteiger partial charge in [-0.05, 0) is 6.42 Å². The summed E-state index contributed by atoms with van der Waals surface area (Å²) < 4.78 is 0.490. The molecule has 2 atom stereocenters. The largest absolute Gasteiger partial charge is 0.477 e. The lowest BCUT2D eigenvalue weighted by molar-refractivity contribution is -0.891. The molecule has 0 aliphatic rings. The first-order valence-corrected chi connectivity index (χ1v) is 4.34. The minimum atomic E-state index is -0.697. The Kier molecular flexibility index (Phi) is 3.71. The van der Waals surface area contributed by atoms with E-state index in [0.29, 0.717) is 4.48 Å². The molecule has 3 nitrogen and oxygen atoms in total. The minimum absolute atomic E-state index is 0.225. The van der Waals surface area contributed by atoms with Crippen LogP contribution in [-0.2, 0) is 4.79 Å². The summed E-state index contributed by atoms with van der Waals surface area (Å²) >= 11 is 0. The van der Waals surface area contributed by atoms with Gasteiger partial charge in [-0.25, -0.2) is 4.79 Å². The van der Waals surface area contributed by atoms with E-state index in [0.717, 1.165) is 6.42 Å². The fourth-order valence-corrected chi connectivity index (χ4v) is 1.56. The second-order valence-corrected chi connectivity index (χ2v) is 4.28. The second kappa shape index (κ2) is 3.90. The Hall–Kier alpha value is -0.570. The Morgan fingerprint density at radius 3 is 1.92 bits per heavy atom. The van der Waals surface area contributed by atoms with E-state index < -0.39 is 5.97 Å². The van der Waals surface area contributed by atoms with Crippen LogP contribution in [0.25, 0.3) is 0 Å². The van der Waals surface area contributed by atoms with E-state index in [4.69, 9.17) is 5.11 Å². The first-order valence-electron chi connectivity index (χ1n) is 4.34. The maximum absolute atomic E-state index is 10.9. The predicted molar refractivity (Wildman–Crippen MR) is 48.9 cm³/mol. The third kappa shape index (κ3) is 2.81. The third-order valence-electron chi connectivity index (χ3n) is 2.27. The van der Waals surface area contributed by atoms with Crippen LogP contribution in [0.1, 0.15) is 20.3 Å². The summed E-state index contributed by atoms with van der Waals surface area (Å²) in [6, 6.07) is -0.296. The van der Waals surface area contributed by atoms with E-state index in [1.165, 1.54) is 0 Å². The smallest absolute Gasteiger partial charge is 0.362 e. The highest BCUT2D eigenvalue weighted by Crippen LogP contribution is 2.16. The normalized spacial score (nSPS) is 17.1. The number of carboxylic acids is 1. The SMILES string of the molecule is CC[C@H](C)[C@@H](C(=O)O)[N+](C)(C)C. The van der Waals surface area contributed by atoms with Crippen molar-refractivity contribution in [2.75, 3.05) is 21.1 Å². The van der Waals surface area contributed by atoms with Crippen LogP contribution in [0.2, 0.25) is 0 Å². The number of aliphatic carboxylic acids is 1. The Morgan fingerprint density at radius 1 is 1.42 bits per heavy atom. The average Bonchev–Trinajstić information content (AvgIpc) is 1.83. The van der Waals surface area contributed by atoms with Crippen LogP contribution in [0.5, 0.6) is 0 Å². The molecule has 72 valence electrons. The van der Waals surface area contributed by atoms with Crippen molar-refractivity contribution in [2.24, 2.45) is 5.92 Å². The van der Waals surface area contributed by atoms with E-state index in [2.05, 4.69) is 0 Å². The molecule has 0 amide bonds. The molecule has 0 spiro atoms. The number of carboxylic acid groups (broad SMARTS) is 1. The summed E-state index contributed by atoms with van der Waals surface area (Å²) in [5.41, 5.74) is 0. The zero-order valence-corrected chi connectivity index (χ0v) is 8.66. The summed E-state index contributed by atoms with van der Waals surface area (Å²) in [6.45, 7) is 4.01. The van der Waals surface area contributed by atoms with Gasteiger partial charge in [0.1, 0.15) is 0 Å². The number of hydrogen-bond donors (Lipinski definition) is 1. The number of rotatable bonds is 4. The van der Waals surface area contributed by atoms with E-state index in [1.807, 2.05) is 35.0 Å². The minimum Gasteiger partial charge on any atom is -0.477 e. The van der Waals surface area contributed by atoms with Crippen LogP contribution in [0.15, 0.2) is 0 Å². The monoisotopic (exact) mass is 174 g/mol. The summed E-state index contributed by atoms with van der Waals surface area (Å²) in [5.74, 6) is -0.473. The summed E-state index contributed by atoms with van der Waals surface area (Å²) in [7, 11) is 5.76. The molecule has 0 rings (SSSR count). The molecule has 0 bridgehead atoms. The number of hydrogen-bond acceptors (Lipinski definition) is 1. The van der Waals surface area contributed by atoms with Gasteiger partial charge in [-0.1, -0.05) is 13.8 Å². The molecule has 0 saturated heterocycles. The highest BCUT2D eigenvalue weighted by Gasteiger charge is 2.35. The standard InChI is InChI=1S/C9H19NO2/c1-6-7(2)8(9(11)12)10(3,4)5/h7-8H,6H2,1-5H3/p+1/t7-,8-/m0/s1. The van der Waals surface area contributed by atoms with Gasteiger partial charge in [0.2, 0.25) is 0 Å². The lowest BCUT2D eigenvalue weighted by Crippen LogP contribution is -2.53. The first-order chi connectivity index (χ1) is 5.30. The van der Waals surface area contributed by atoms with Crippen molar-refractivity contribution < 1.29 is 14.4 Å². The Bertz CT molecular complexity index is 160. The van der Waals surface area contributed by atoms with Crippen molar-refractivity contribution in [3.63, 3.8) is 0 Å². The lowest BCUT2D eigenvalue weighted by atomic mass is 9.97. The van der Waals surface area contributed by atoms with Gasteiger partial charge in [-0.2, -0.15) is 0 Å². The van der Waals surface area contributed by atoms with Crippen LogP contribution < -0.4 is 0 Å². The number of quaternary nitrogens is 1. The fourth-order valence-electron chi connectivity index (χ4n) is 1.56. The molecule has 0 aromatic rings. The molecular formula is C9H20NO2+. The molecule has 0 aliphatic carbocycles. The van der Waals surface area contributed by atoms with Gasteiger partial charge in [0.05, 0.1) is 21.1 Å². The Labute approximate surface area is 74.6 Å². The molecule has 0 fully saturated rings. The van der Waals surface area contributed by atoms with Crippen molar-refractivity contribution in [3.8, 4) is 0 Å². The summed E-state index contributed by atoms with van der Waals surface area (Å²) in [6.07, 6.45) is 0.909. The van der Waals surface area contributed by atoms with E-state index >= 15 is 0 Å². The molecule has 0 unspecified atom stereocenters. The predicted octanol–water partition coefficient (Wildman–Crippen LogP) is 1.19. The lowest BCUT2D eigenvalue weighted by Gasteiger charge is -2.34. The van der Waals surface area contributed by atoms with Crippen molar-refractivity contribution in [2.45, 2.75) is 26.3 Å². The van der Waals surface area contributed by atoms with Crippen LogP contribution in [0.3, 0.4) is 0 Å². The van der Waals surface area contributed by atoms with Gasteiger partial charge in [0, 0.05) is 5.92 Å². The topological polar surface area (TPSA) is 37.3 Å². The molecule has 0 aromatic heterocycles. The first kappa shape index (κ1) is 11.4. The number of carbonyl (C=O) groups is 1. The van der Waals surface area contributed by atoms with Crippen molar-refractivity contribution in [3.05, 3.63) is 0 Å². The molecule has 0 radical (unpaired) electrons. The van der Waals surface area contributed by atoms with Crippen molar-refractivity contribution >= 4 is 5.97 Å². The van der Waals surface area contributed by atoms with Crippen LogP contribution in [0.4, 0.5) is 0 Å². The van der Waals surface area contributed by atoms with Gasteiger partial charge in [0.25, 0.3) is 0 Å². The van der Waals surface area contributed by atoms with Crippen LogP contribution in [0, 0.1) is 5.92 Å². The third-order valence-corrected chi connectivity index (χ3v) is 2.27. The molecule has 0 aromatic carbocycles. The van der Waals surface area contributed by atoms with Gasteiger partial charge in [-0.3, -0.25) is 0 Å². The number of nitrogens with zero attached hydrogens (tertiary/aromatic N) is 1. The zero-order chi connectivity index (χ0) is 9.94. The highest BCUT2D eigenvalue weighted by atomic mass is 16.4. The van der Waals surface area contributed by atoms with Crippen LogP contribution >= 0.6 is 0 Å². The fraction of sp³-hybridized carbons (Fsp3) is 0.889. The van der Waals surface area contributed by atoms with E-state index in [9.17, 15) is 4.79 Å².